The molecule has 5 heterocycles. The molecule has 0 aromatic carbocycles. The lowest BCUT2D eigenvalue weighted by Crippen LogP contribution is -2.51. The van der Waals surface area contributed by atoms with Crippen LogP contribution in [0.4, 0.5) is 19.0 Å². The average Bonchev–Trinajstić information content (AvgIpc) is 3.45. The first-order valence-corrected chi connectivity index (χ1v) is 12.5. The molecule has 4 atom stereocenters. The van der Waals surface area contributed by atoms with Gasteiger partial charge in [0.05, 0.1) is 23.1 Å². The number of carbonyl (C=O) groups excluding carboxylic acids is 2. The van der Waals surface area contributed by atoms with Crippen LogP contribution < -0.4 is 16.9 Å². The second kappa shape index (κ2) is 9.97. The van der Waals surface area contributed by atoms with Crippen molar-refractivity contribution < 1.29 is 33.3 Å². The number of fused-ring (bicyclic) bond motifs is 3. The van der Waals surface area contributed by atoms with E-state index in [1.165, 1.54) is 29.9 Å². The van der Waals surface area contributed by atoms with Gasteiger partial charge in [0.2, 0.25) is 0 Å². The fraction of sp³-hybridized carbons (Fsp3) is 0.400. The van der Waals surface area contributed by atoms with E-state index in [1.54, 1.807) is 4.90 Å². The number of ketones is 1. The summed E-state index contributed by atoms with van der Waals surface area (Å²) in [5.41, 5.74) is 13.5. The summed E-state index contributed by atoms with van der Waals surface area (Å²) in [5.74, 6) is -1.02. The van der Waals surface area contributed by atoms with Crippen LogP contribution in [0.5, 0.6) is 0 Å². The van der Waals surface area contributed by atoms with E-state index in [9.17, 15) is 27.9 Å². The van der Waals surface area contributed by atoms with Crippen molar-refractivity contribution in [3.8, 4) is 11.1 Å². The van der Waals surface area contributed by atoms with E-state index in [2.05, 4.69) is 15.1 Å². The summed E-state index contributed by atoms with van der Waals surface area (Å²) < 4.78 is 40.0. The zero-order chi connectivity index (χ0) is 28.9. The van der Waals surface area contributed by atoms with Crippen molar-refractivity contribution >= 4 is 35.3 Å². The normalized spacial score (nSPS) is 22.0. The lowest BCUT2D eigenvalue weighted by Gasteiger charge is -2.38. The van der Waals surface area contributed by atoms with Gasteiger partial charge in [-0.05, 0) is 43.7 Å². The highest BCUT2D eigenvalue weighted by molar-refractivity contribution is 6.38. The number of hydrogen-bond donors (Lipinski definition) is 4. The number of piperidine rings is 1. The number of aromatic nitrogens is 4. The molecule has 2 fully saturated rings. The Morgan fingerprint density at radius 2 is 1.90 bits per heavy atom. The predicted octanol–water partition coefficient (Wildman–Crippen LogP) is 0.553. The van der Waals surface area contributed by atoms with Crippen LogP contribution in [0.3, 0.4) is 0 Å². The van der Waals surface area contributed by atoms with E-state index in [-0.39, 0.29) is 41.0 Å². The smallest absolute Gasteiger partial charge is 0.383 e. The molecule has 5 rings (SSSR count). The number of halogens is 3. The van der Waals surface area contributed by atoms with Crippen molar-refractivity contribution in [2.45, 2.75) is 62.9 Å². The molecule has 0 radical (unpaired) electrons. The number of anilines is 1. The van der Waals surface area contributed by atoms with Crippen LogP contribution in [-0.2, 0) is 4.79 Å². The van der Waals surface area contributed by atoms with E-state index in [0.717, 1.165) is 25.2 Å². The zero-order valence-corrected chi connectivity index (χ0v) is 21.3. The first kappa shape index (κ1) is 27.2. The molecule has 2 aliphatic rings. The number of nitrogens with two attached hydrogens (primary N) is 3. The molecular weight excluding hydrogens is 531 g/mol. The third kappa shape index (κ3) is 4.55. The van der Waals surface area contributed by atoms with Crippen LogP contribution in [0.15, 0.2) is 29.5 Å². The van der Waals surface area contributed by atoms with Crippen molar-refractivity contribution in [1.82, 2.24) is 24.5 Å². The molecule has 210 valence electrons. The molecule has 12 nitrogen and oxygen atoms in total. The molecule has 15 heteroatoms. The zero-order valence-electron chi connectivity index (χ0n) is 21.3. The molecular formula is C25H27F3N9O3+. The van der Waals surface area contributed by atoms with Gasteiger partial charge in [0.1, 0.15) is 5.82 Å². The molecule has 2 bridgehead atoms. The van der Waals surface area contributed by atoms with Gasteiger partial charge in [-0.1, -0.05) is 6.07 Å². The average molecular weight is 559 g/mol. The Labute approximate surface area is 225 Å². The van der Waals surface area contributed by atoms with Crippen LogP contribution in [0.1, 0.15) is 66.4 Å². The molecule has 3 unspecified atom stereocenters. The predicted molar refractivity (Wildman–Crippen MR) is 137 cm³/mol. The summed E-state index contributed by atoms with van der Waals surface area (Å²) in [5, 5.41) is 19.0. The minimum absolute atomic E-state index is 0.0801. The number of nitrogen functional groups attached to an aromatic ring is 1. The number of aliphatic hydroxyl groups is 1. The SMILES string of the molecule is CC(=O)c1c(C2CC3CC[C@@H](C2)N3C(=O)C(N)=NC=[NH2+])nc2c(-c3ccc(C(O)C(F)(F)F)nc3)cnn2c1N. The topological polar surface area (TPSA) is 191 Å². The molecule has 3 aromatic rings. The van der Waals surface area contributed by atoms with Crippen LogP contribution in [-0.4, -0.2) is 71.7 Å². The monoisotopic (exact) mass is 558 g/mol. The third-order valence-corrected chi connectivity index (χ3v) is 7.54. The van der Waals surface area contributed by atoms with Gasteiger partial charge >= 0.3 is 17.9 Å². The van der Waals surface area contributed by atoms with Gasteiger partial charge in [-0.3, -0.25) is 20.0 Å². The Balaban J connectivity index is 1.53. The van der Waals surface area contributed by atoms with E-state index in [1.807, 2.05) is 0 Å². The van der Waals surface area contributed by atoms with Crippen molar-refractivity contribution in [3.05, 3.63) is 41.5 Å². The van der Waals surface area contributed by atoms with Gasteiger partial charge < -0.3 is 21.5 Å². The fourth-order valence-corrected chi connectivity index (χ4v) is 5.79. The molecule has 7 N–H and O–H groups in total. The van der Waals surface area contributed by atoms with E-state index in [4.69, 9.17) is 21.9 Å². The summed E-state index contributed by atoms with van der Waals surface area (Å²) in [6.07, 6.45) is -1.45. The molecule has 40 heavy (non-hydrogen) atoms. The molecule has 0 spiro atoms. The summed E-state index contributed by atoms with van der Waals surface area (Å²) in [4.78, 5) is 39.7. The Bertz CT molecular complexity index is 1520. The largest absolute Gasteiger partial charge is 0.420 e. The lowest BCUT2D eigenvalue weighted by atomic mass is 9.85. The van der Waals surface area contributed by atoms with Gasteiger partial charge in [0.25, 0.3) is 6.34 Å². The molecule has 3 aromatic heterocycles. The minimum atomic E-state index is -4.85. The first-order valence-electron chi connectivity index (χ1n) is 12.5. The van der Waals surface area contributed by atoms with Gasteiger partial charge in [-0.15, -0.1) is 0 Å². The Kier molecular flexibility index (Phi) is 6.77. The van der Waals surface area contributed by atoms with Gasteiger partial charge in [-0.25, -0.2) is 4.98 Å². The lowest BCUT2D eigenvalue weighted by molar-refractivity contribution is -0.207. The van der Waals surface area contributed by atoms with E-state index < -0.39 is 23.9 Å². The number of Topliss-reactive ketones (excluding diaryl/α,β-unsaturated/α-hetero) is 1. The number of rotatable bonds is 5. The first-order chi connectivity index (χ1) is 18.9. The van der Waals surface area contributed by atoms with Crippen LogP contribution in [0.25, 0.3) is 16.8 Å². The Morgan fingerprint density at radius 1 is 1.23 bits per heavy atom. The van der Waals surface area contributed by atoms with Crippen molar-refractivity contribution in [1.29, 1.82) is 0 Å². The highest BCUT2D eigenvalue weighted by Crippen LogP contribution is 2.44. The number of amidine groups is 1. The number of alkyl halides is 3. The van der Waals surface area contributed by atoms with Crippen molar-refractivity contribution in [2.75, 3.05) is 5.73 Å². The van der Waals surface area contributed by atoms with Crippen LogP contribution >= 0.6 is 0 Å². The number of pyridine rings is 1. The quantitative estimate of drug-likeness (QED) is 0.198. The number of carbonyl (C=O) groups is 2. The fourth-order valence-electron chi connectivity index (χ4n) is 5.79. The van der Waals surface area contributed by atoms with Crippen LogP contribution in [0, 0.1) is 0 Å². The maximum absolute atomic E-state index is 12.9. The van der Waals surface area contributed by atoms with Crippen LogP contribution in [0.2, 0.25) is 0 Å². The number of nitrogens with zero attached hydrogens (tertiary/aromatic N) is 6. The summed E-state index contributed by atoms with van der Waals surface area (Å²) >= 11 is 0. The highest BCUT2D eigenvalue weighted by Gasteiger charge is 2.46. The van der Waals surface area contributed by atoms with Crippen molar-refractivity contribution in [2.24, 2.45) is 10.7 Å². The Morgan fingerprint density at radius 3 is 2.45 bits per heavy atom. The highest BCUT2D eigenvalue weighted by atomic mass is 19.4. The van der Waals surface area contributed by atoms with Gasteiger partial charge in [0.15, 0.2) is 17.5 Å². The molecule has 0 aliphatic carbocycles. The summed E-state index contributed by atoms with van der Waals surface area (Å²) in [6, 6.07) is 2.15. The second-order valence-electron chi connectivity index (χ2n) is 9.95. The molecule has 1 amide bonds. The van der Waals surface area contributed by atoms with Gasteiger partial charge in [-0.2, -0.15) is 22.8 Å². The number of amides is 1. The molecule has 0 saturated carbocycles. The van der Waals surface area contributed by atoms with Crippen molar-refractivity contribution in [3.63, 3.8) is 0 Å². The maximum Gasteiger partial charge on any atom is 0.420 e. The van der Waals surface area contributed by atoms with E-state index in [0.29, 0.717) is 35.3 Å². The third-order valence-electron chi connectivity index (χ3n) is 7.54. The minimum Gasteiger partial charge on any atom is -0.383 e. The number of aliphatic imine (C=N–C) groups is 1. The number of hydrogen-bond acceptors (Lipinski definition) is 7. The molecule has 2 aliphatic heterocycles. The standard InChI is InChI=1S/C25H26F3N9O3/c1-11(38)18-19(13-6-14-3-4-15(7-13)36(14)24(40)21(30)33-10-29)35-23-16(9-34-37(23)22(18)31)12-2-5-17(32-8-12)20(39)25(26,27)28/h2,5,8-10,13-15,20,39H,3-4,6-7,31H2,1H3,(H3,29,30,33)/p+1/t13?,14-,15?,20?/m0/s1. The molecule has 2 saturated heterocycles. The van der Waals surface area contributed by atoms with E-state index >= 15 is 0 Å². The van der Waals surface area contributed by atoms with Gasteiger partial charge in [0, 0.05) is 35.3 Å². The second-order valence-corrected chi connectivity index (χ2v) is 9.95. The summed E-state index contributed by atoms with van der Waals surface area (Å²) in [7, 11) is 0. The number of aliphatic hydroxyl groups excluding tert-OH is 1. The Hall–Kier alpha value is -4.40. The summed E-state index contributed by atoms with van der Waals surface area (Å²) in [6.45, 7) is 1.38. The maximum atomic E-state index is 12.9.